The van der Waals surface area contributed by atoms with Crippen molar-refractivity contribution >= 4 is 5.69 Å². The van der Waals surface area contributed by atoms with E-state index in [4.69, 9.17) is 0 Å². The van der Waals surface area contributed by atoms with Crippen LogP contribution in [0, 0.1) is 0 Å². The SMILES string of the molecule is CCCCC.Cn1cc(-c2cccc(N3CCCC3)c2)cn1. The molecule has 0 amide bonds. The molecule has 1 aromatic heterocycles. The molecule has 3 nitrogen and oxygen atoms in total. The van der Waals surface area contributed by atoms with Gasteiger partial charge in [-0.3, -0.25) is 4.68 Å². The van der Waals surface area contributed by atoms with Gasteiger partial charge in [0.15, 0.2) is 0 Å². The molecule has 1 aliphatic rings. The van der Waals surface area contributed by atoms with Gasteiger partial charge in [-0.05, 0) is 30.5 Å². The fourth-order valence-corrected chi connectivity index (χ4v) is 2.78. The van der Waals surface area contributed by atoms with Crippen LogP contribution in [0.5, 0.6) is 0 Å². The van der Waals surface area contributed by atoms with E-state index in [9.17, 15) is 0 Å². The molecular weight excluding hydrogens is 270 g/mol. The van der Waals surface area contributed by atoms with Crippen molar-refractivity contribution in [2.24, 2.45) is 7.05 Å². The standard InChI is InChI=1S/C14H17N3.C5H12/c1-16-11-13(10-15-16)12-5-4-6-14(9-12)17-7-2-3-8-17;1-3-5-4-2/h4-6,9-11H,2-3,7-8H2,1H3;3-5H2,1-2H3. The molecule has 22 heavy (non-hydrogen) atoms. The second kappa shape index (κ2) is 8.62. The Labute approximate surface area is 135 Å². The van der Waals surface area contributed by atoms with Crippen LogP contribution < -0.4 is 4.90 Å². The highest BCUT2D eigenvalue weighted by atomic mass is 15.2. The Kier molecular flexibility index (Phi) is 6.50. The number of unbranched alkanes of at least 4 members (excludes halogenated alkanes) is 2. The van der Waals surface area contributed by atoms with Crippen LogP contribution in [-0.4, -0.2) is 22.9 Å². The molecule has 3 heteroatoms. The Balaban J connectivity index is 0.000000309. The maximum Gasteiger partial charge on any atom is 0.0568 e. The fraction of sp³-hybridized carbons (Fsp3) is 0.526. The zero-order valence-corrected chi connectivity index (χ0v) is 14.3. The Bertz CT molecular complexity index is 551. The van der Waals surface area contributed by atoms with Crippen molar-refractivity contribution in [3.05, 3.63) is 36.7 Å². The normalized spacial score (nSPS) is 13.9. The summed E-state index contributed by atoms with van der Waals surface area (Å²) in [5.41, 5.74) is 3.78. The third-order valence-electron chi connectivity index (χ3n) is 4.06. The summed E-state index contributed by atoms with van der Waals surface area (Å²) in [5.74, 6) is 0. The summed E-state index contributed by atoms with van der Waals surface area (Å²) in [7, 11) is 1.95. The van der Waals surface area contributed by atoms with E-state index in [1.54, 1.807) is 0 Å². The lowest BCUT2D eigenvalue weighted by Gasteiger charge is -2.18. The Hall–Kier alpha value is -1.77. The van der Waals surface area contributed by atoms with E-state index in [1.807, 2.05) is 17.9 Å². The number of hydrogen-bond donors (Lipinski definition) is 0. The number of anilines is 1. The molecule has 0 bridgehead atoms. The smallest absolute Gasteiger partial charge is 0.0568 e. The summed E-state index contributed by atoms with van der Waals surface area (Å²) < 4.78 is 1.85. The van der Waals surface area contributed by atoms with Gasteiger partial charge in [0, 0.05) is 37.6 Å². The van der Waals surface area contributed by atoms with Crippen molar-refractivity contribution < 1.29 is 0 Å². The lowest BCUT2D eigenvalue weighted by molar-refractivity contribution is 0.768. The molecule has 0 aliphatic carbocycles. The lowest BCUT2D eigenvalue weighted by atomic mass is 10.1. The van der Waals surface area contributed by atoms with Gasteiger partial charge in [0.1, 0.15) is 0 Å². The summed E-state index contributed by atoms with van der Waals surface area (Å²) in [6, 6.07) is 8.75. The second-order valence-corrected chi connectivity index (χ2v) is 6.00. The zero-order chi connectivity index (χ0) is 15.8. The number of aryl methyl sites for hydroxylation is 1. The second-order valence-electron chi connectivity index (χ2n) is 6.00. The monoisotopic (exact) mass is 299 g/mol. The molecule has 2 heterocycles. The van der Waals surface area contributed by atoms with E-state index in [0.29, 0.717) is 0 Å². The molecule has 1 fully saturated rings. The summed E-state index contributed by atoms with van der Waals surface area (Å²) in [5, 5.41) is 4.22. The highest BCUT2D eigenvalue weighted by Crippen LogP contribution is 2.26. The van der Waals surface area contributed by atoms with Gasteiger partial charge in [0.2, 0.25) is 0 Å². The number of nitrogens with zero attached hydrogens (tertiary/aromatic N) is 3. The van der Waals surface area contributed by atoms with Crippen LogP contribution in [0.25, 0.3) is 11.1 Å². The Morgan fingerprint density at radius 3 is 2.32 bits per heavy atom. The molecule has 0 radical (unpaired) electrons. The third-order valence-corrected chi connectivity index (χ3v) is 4.06. The maximum absolute atomic E-state index is 4.22. The molecule has 120 valence electrons. The van der Waals surface area contributed by atoms with Crippen molar-refractivity contribution in [3.8, 4) is 11.1 Å². The fourth-order valence-electron chi connectivity index (χ4n) is 2.78. The number of aromatic nitrogens is 2. The van der Waals surface area contributed by atoms with Gasteiger partial charge in [-0.15, -0.1) is 0 Å². The van der Waals surface area contributed by atoms with Crippen molar-refractivity contribution in [2.45, 2.75) is 46.0 Å². The van der Waals surface area contributed by atoms with Crippen molar-refractivity contribution in [3.63, 3.8) is 0 Å². The predicted octanol–water partition coefficient (Wildman–Crippen LogP) is 4.88. The largest absolute Gasteiger partial charge is 0.372 e. The Morgan fingerprint density at radius 1 is 1.05 bits per heavy atom. The van der Waals surface area contributed by atoms with Crippen LogP contribution in [0.2, 0.25) is 0 Å². The molecule has 1 saturated heterocycles. The maximum atomic E-state index is 4.22. The highest BCUT2D eigenvalue weighted by Gasteiger charge is 2.12. The van der Waals surface area contributed by atoms with E-state index in [2.05, 4.69) is 54.3 Å². The highest BCUT2D eigenvalue weighted by molar-refractivity contribution is 5.67. The van der Waals surface area contributed by atoms with Crippen LogP contribution in [0.3, 0.4) is 0 Å². The average Bonchev–Trinajstić information content (AvgIpc) is 3.20. The third kappa shape index (κ3) is 4.62. The van der Waals surface area contributed by atoms with Gasteiger partial charge < -0.3 is 4.90 Å². The average molecular weight is 299 g/mol. The van der Waals surface area contributed by atoms with E-state index in [0.717, 1.165) is 0 Å². The summed E-state index contributed by atoms with van der Waals surface area (Å²) in [6.45, 7) is 6.81. The van der Waals surface area contributed by atoms with Gasteiger partial charge in [0.25, 0.3) is 0 Å². The van der Waals surface area contributed by atoms with Crippen LogP contribution in [0.4, 0.5) is 5.69 Å². The minimum atomic E-state index is 1.19. The van der Waals surface area contributed by atoms with Crippen LogP contribution in [0.15, 0.2) is 36.7 Å². The molecule has 0 unspecified atom stereocenters. The number of benzene rings is 1. The van der Waals surface area contributed by atoms with E-state index in [-0.39, 0.29) is 0 Å². The molecule has 0 spiro atoms. The van der Waals surface area contributed by atoms with Crippen LogP contribution >= 0.6 is 0 Å². The van der Waals surface area contributed by atoms with E-state index in [1.165, 1.54) is 62.0 Å². The summed E-state index contributed by atoms with van der Waals surface area (Å²) in [6.07, 6.45) is 10.7. The van der Waals surface area contributed by atoms with Crippen LogP contribution in [0.1, 0.15) is 46.0 Å². The molecule has 0 saturated carbocycles. The molecular formula is C19H29N3. The molecule has 0 N–H and O–H groups in total. The van der Waals surface area contributed by atoms with E-state index >= 15 is 0 Å². The molecule has 0 atom stereocenters. The first-order chi connectivity index (χ1) is 10.7. The van der Waals surface area contributed by atoms with Gasteiger partial charge in [0.05, 0.1) is 6.20 Å². The first-order valence-corrected chi connectivity index (χ1v) is 8.58. The van der Waals surface area contributed by atoms with Gasteiger partial charge in [-0.1, -0.05) is 45.2 Å². The number of hydrogen-bond acceptors (Lipinski definition) is 2. The lowest BCUT2D eigenvalue weighted by Crippen LogP contribution is -2.17. The predicted molar refractivity (Wildman–Crippen MR) is 95.3 cm³/mol. The van der Waals surface area contributed by atoms with Crippen molar-refractivity contribution in [1.29, 1.82) is 0 Å². The van der Waals surface area contributed by atoms with Crippen molar-refractivity contribution in [2.75, 3.05) is 18.0 Å². The first-order valence-electron chi connectivity index (χ1n) is 8.58. The first kappa shape index (κ1) is 16.6. The molecule has 1 aromatic carbocycles. The minimum absolute atomic E-state index is 1.19. The van der Waals surface area contributed by atoms with Gasteiger partial charge >= 0.3 is 0 Å². The Morgan fingerprint density at radius 2 is 1.77 bits per heavy atom. The van der Waals surface area contributed by atoms with Gasteiger partial charge in [-0.25, -0.2) is 0 Å². The molecule has 1 aliphatic heterocycles. The van der Waals surface area contributed by atoms with Gasteiger partial charge in [-0.2, -0.15) is 5.10 Å². The summed E-state index contributed by atoms with van der Waals surface area (Å²) >= 11 is 0. The summed E-state index contributed by atoms with van der Waals surface area (Å²) in [4.78, 5) is 2.46. The van der Waals surface area contributed by atoms with E-state index < -0.39 is 0 Å². The zero-order valence-electron chi connectivity index (χ0n) is 14.3. The quantitative estimate of drug-likeness (QED) is 0.802. The topological polar surface area (TPSA) is 21.1 Å². The van der Waals surface area contributed by atoms with Crippen LogP contribution in [-0.2, 0) is 7.05 Å². The molecule has 3 rings (SSSR count). The minimum Gasteiger partial charge on any atom is -0.372 e. The molecule has 2 aromatic rings. The van der Waals surface area contributed by atoms with Crippen molar-refractivity contribution in [1.82, 2.24) is 9.78 Å². The number of rotatable bonds is 4.